The van der Waals surface area contributed by atoms with Crippen molar-refractivity contribution < 1.29 is 29.0 Å². The van der Waals surface area contributed by atoms with Crippen molar-refractivity contribution in [3.8, 4) is 5.75 Å². The van der Waals surface area contributed by atoms with Gasteiger partial charge in [-0.25, -0.2) is 4.79 Å². The van der Waals surface area contributed by atoms with Crippen LogP contribution in [0.15, 0.2) is 78.4 Å². The minimum absolute atomic E-state index is 0.00919. The van der Waals surface area contributed by atoms with Gasteiger partial charge in [-0.2, -0.15) is 0 Å². The monoisotopic (exact) mass is 469 g/mol. The zero-order valence-corrected chi connectivity index (χ0v) is 19.1. The van der Waals surface area contributed by atoms with Crippen LogP contribution < -0.4 is 9.64 Å². The first-order valence-corrected chi connectivity index (χ1v) is 11.3. The number of Topliss-reactive ketones (excluding diaryl/α,β-unsaturated/α-hetero) is 1. The number of methoxy groups -OCH3 is 1. The summed E-state index contributed by atoms with van der Waals surface area (Å²) in [6.45, 7) is 0.645. The van der Waals surface area contributed by atoms with E-state index in [1.54, 1.807) is 36.4 Å². The zero-order chi connectivity index (χ0) is 24.5. The number of aryl methyl sites for hydroxylation is 1. The molecule has 0 aromatic heterocycles. The molecule has 5 rings (SSSR count). The van der Waals surface area contributed by atoms with Crippen LogP contribution in [0.2, 0.25) is 0 Å². The Balaban J connectivity index is 1.64. The summed E-state index contributed by atoms with van der Waals surface area (Å²) in [7, 11) is 1.29. The van der Waals surface area contributed by atoms with Crippen molar-refractivity contribution in [3.05, 3.63) is 101 Å². The highest BCUT2D eigenvalue weighted by Gasteiger charge is 2.47. The fourth-order valence-corrected chi connectivity index (χ4v) is 4.59. The van der Waals surface area contributed by atoms with Gasteiger partial charge in [-0.3, -0.25) is 14.5 Å². The Labute approximate surface area is 202 Å². The number of anilines is 1. The molecule has 0 bridgehead atoms. The molecule has 7 heteroatoms. The van der Waals surface area contributed by atoms with E-state index in [-0.39, 0.29) is 11.3 Å². The quantitative estimate of drug-likeness (QED) is 0.263. The third-order valence-corrected chi connectivity index (χ3v) is 6.31. The molecule has 1 amide bonds. The molecule has 0 spiro atoms. The van der Waals surface area contributed by atoms with Crippen molar-refractivity contribution in [1.29, 1.82) is 0 Å². The van der Waals surface area contributed by atoms with E-state index in [1.165, 1.54) is 24.1 Å². The first-order chi connectivity index (χ1) is 17.0. The van der Waals surface area contributed by atoms with Crippen LogP contribution in [0.1, 0.15) is 39.5 Å². The lowest BCUT2D eigenvalue weighted by Crippen LogP contribution is -2.29. The Kier molecular flexibility index (Phi) is 5.82. The van der Waals surface area contributed by atoms with E-state index in [4.69, 9.17) is 9.47 Å². The fraction of sp³-hybridized carbons (Fsp3) is 0.179. The summed E-state index contributed by atoms with van der Waals surface area (Å²) >= 11 is 0. The number of ketones is 1. The van der Waals surface area contributed by atoms with Gasteiger partial charge >= 0.3 is 5.97 Å². The van der Waals surface area contributed by atoms with Gasteiger partial charge in [-0.05, 0) is 66.4 Å². The molecule has 2 aliphatic heterocycles. The fourth-order valence-electron chi connectivity index (χ4n) is 4.59. The van der Waals surface area contributed by atoms with Gasteiger partial charge < -0.3 is 14.6 Å². The summed E-state index contributed by atoms with van der Waals surface area (Å²) in [5, 5.41) is 11.3. The van der Waals surface area contributed by atoms with Crippen molar-refractivity contribution in [2.24, 2.45) is 0 Å². The molecule has 3 aromatic carbocycles. The van der Waals surface area contributed by atoms with E-state index in [0.717, 1.165) is 24.2 Å². The molecular weight excluding hydrogens is 446 g/mol. The summed E-state index contributed by atoms with van der Waals surface area (Å²) in [5.41, 5.74) is 2.83. The van der Waals surface area contributed by atoms with E-state index in [2.05, 4.69) is 0 Å². The van der Waals surface area contributed by atoms with E-state index in [1.807, 2.05) is 24.3 Å². The first-order valence-electron chi connectivity index (χ1n) is 11.3. The summed E-state index contributed by atoms with van der Waals surface area (Å²) in [4.78, 5) is 39.7. The number of hydrogen-bond donors (Lipinski definition) is 1. The lowest BCUT2D eigenvalue weighted by atomic mass is 9.94. The third kappa shape index (κ3) is 3.95. The average molecular weight is 469 g/mol. The second kappa shape index (κ2) is 9.10. The van der Waals surface area contributed by atoms with Gasteiger partial charge in [-0.1, -0.05) is 30.3 Å². The van der Waals surface area contributed by atoms with Gasteiger partial charge in [0.1, 0.15) is 11.5 Å². The summed E-state index contributed by atoms with van der Waals surface area (Å²) in [6, 6.07) is 19.8. The highest BCUT2D eigenvalue weighted by atomic mass is 16.5. The summed E-state index contributed by atoms with van der Waals surface area (Å²) < 4.78 is 10.4. The number of hydrogen-bond acceptors (Lipinski definition) is 6. The number of amides is 1. The number of nitrogens with zero attached hydrogens (tertiary/aromatic N) is 1. The molecule has 1 atom stereocenters. The number of rotatable bonds is 4. The molecule has 1 fully saturated rings. The molecular formula is C28H23NO6. The summed E-state index contributed by atoms with van der Waals surface area (Å²) in [6.07, 6.45) is 1.67. The molecule has 176 valence electrons. The van der Waals surface area contributed by atoms with E-state index in [0.29, 0.717) is 29.0 Å². The standard InChI is InChI=1S/C28H23NO6/c1-34-28(33)18-9-12-21(13-10-18)29-24(17-6-3-2-4-7-17)23(26(31)27(29)32)25(30)20-11-14-22-19(16-20)8-5-15-35-22/h2-4,6-7,9-14,16,24,30H,5,8,15H2,1H3/b25-23-. The third-order valence-electron chi connectivity index (χ3n) is 6.31. The first kappa shape index (κ1) is 22.4. The molecule has 1 saturated heterocycles. The summed E-state index contributed by atoms with van der Waals surface area (Å²) in [5.74, 6) is -1.51. The molecule has 2 heterocycles. The topological polar surface area (TPSA) is 93.1 Å². The molecule has 0 saturated carbocycles. The van der Waals surface area contributed by atoms with Gasteiger partial charge in [0, 0.05) is 11.3 Å². The lowest BCUT2D eigenvalue weighted by Gasteiger charge is -2.25. The molecule has 0 aliphatic carbocycles. The minimum Gasteiger partial charge on any atom is -0.507 e. The van der Waals surface area contributed by atoms with Crippen LogP contribution in [0.3, 0.4) is 0 Å². The van der Waals surface area contributed by atoms with Crippen molar-refractivity contribution >= 4 is 29.1 Å². The van der Waals surface area contributed by atoms with E-state index >= 15 is 0 Å². The number of benzene rings is 3. The number of ether oxygens (including phenoxy) is 2. The van der Waals surface area contributed by atoms with Crippen molar-refractivity contribution in [2.75, 3.05) is 18.6 Å². The van der Waals surface area contributed by atoms with Gasteiger partial charge in [0.05, 0.1) is 30.9 Å². The highest BCUT2D eigenvalue weighted by molar-refractivity contribution is 6.51. The van der Waals surface area contributed by atoms with Crippen LogP contribution in [0.5, 0.6) is 5.75 Å². The van der Waals surface area contributed by atoms with Crippen LogP contribution in [0, 0.1) is 0 Å². The van der Waals surface area contributed by atoms with Crippen molar-refractivity contribution in [1.82, 2.24) is 0 Å². The Morgan fingerprint density at radius 3 is 2.43 bits per heavy atom. The molecule has 3 aromatic rings. The highest BCUT2D eigenvalue weighted by Crippen LogP contribution is 2.42. The smallest absolute Gasteiger partial charge is 0.337 e. The predicted octanol–water partition coefficient (Wildman–Crippen LogP) is 4.42. The number of aliphatic hydroxyl groups is 1. The maximum atomic E-state index is 13.3. The molecule has 7 nitrogen and oxygen atoms in total. The number of carbonyl (C=O) groups excluding carboxylic acids is 3. The van der Waals surface area contributed by atoms with E-state index < -0.39 is 23.7 Å². The Morgan fingerprint density at radius 1 is 1.00 bits per heavy atom. The van der Waals surface area contributed by atoms with Gasteiger partial charge in [0.15, 0.2) is 0 Å². The van der Waals surface area contributed by atoms with Gasteiger partial charge in [0.25, 0.3) is 11.7 Å². The Hall–Kier alpha value is -4.39. The average Bonchev–Trinajstić information content (AvgIpc) is 3.18. The van der Waals surface area contributed by atoms with Crippen LogP contribution in [0.4, 0.5) is 5.69 Å². The Morgan fingerprint density at radius 2 is 1.71 bits per heavy atom. The second-order valence-corrected chi connectivity index (χ2v) is 8.39. The number of fused-ring (bicyclic) bond motifs is 1. The number of aliphatic hydroxyl groups excluding tert-OH is 1. The number of esters is 1. The van der Waals surface area contributed by atoms with Gasteiger partial charge in [-0.15, -0.1) is 0 Å². The van der Waals surface area contributed by atoms with Crippen LogP contribution in [0.25, 0.3) is 5.76 Å². The zero-order valence-electron chi connectivity index (χ0n) is 19.1. The molecule has 35 heavy (non-hydrogen) atoms. The largest absolute Gasteiger partial charge is 0.507 e. The molecule has 1 N–H and O–H groups in total. The van der Waals surface area contributed by atoms with Crippen molar-refractivity contribution in [3.63, 3.8) is 0 Å². The molecule has 1 unspecified atom stereocenters. The van der Waals surface area contributed by atoms with Crippen LogP contribution >= 0.6 is 0 Å². The normalized spacial score (nSPS) is 18.7. The van der Waals surface area contributed by atoms with E-state index in [9.17, 15) is 19.5 Å². The second-order valence-electron chi connectivity index (χ2n) is 8.39. The lowest BCUT2D eigenvalue weighted by molar-refractivity contribution is -0.132. The minimum atomic E-state index is -0.840. The SMILES string of the molecule is COC(=O)c1ccc(N2C(=O)C(=O)/C(=C(\O)c3ccc4c(c3)CCCO4)C2c2ccccc2)cc1. The maximum Gasteiger partial charge on any atom is 0.337 e. The van der Waals surface area contributed by atoms with Crippen molar-refractivity contribution in [2.45, 2.75) is 18.9 Å². The molecule has 0 radical (unpaired) electrons. The van der Waals surface area contributed by atoms with Crippen LogP contribution in [-0.2, 0) is 20.7 Å². The predicted molar refractivity (Wildman–Crippen MR) is 129 cm³/mol. The maximum absolute atomic E-state index is 13.3. The van der Waals surface area contributed by atoms with Gasteiger partial charge in [0.2, 0.25) is 0 Å². The number of carbonyl (C=O) groups is 3. The van der Waals surface area contributed by atoms with Crippen LogP contribution in [-0.4, -0.2) is 36.5 Å². The molecule has 2 aliphatic rings. The Bertz CT molecular complexity index is 1340.